The van der Waals surface area contributed by atoms with E-state index in [1.54, 1.807) is 12.2 Å². The summed E-state index contributed by atoms with van der Waals surface area (Å²) in [5, 5.41) is 20.5. The number of aliphatic carboxylic acids is 1. The van der Waals surface area contributed by atoms with Crippen LogP contribution in [0, 0.1) is 5.41 Å². The molecule has 1 fully saturated rings. The predicted octanol–water partition coefficient (Wildman–Crippen LogP) is 3.98. The molecule has 0 aromatic carbocycles. The maximum Gasteiger partial charge on any atom is 0.328 e. The first-order chi connectivity index (χ1) is 11.9. The molecule has 3 atom stereocenters. The number of hydrogen-bond donors (Lipinski definition) is 2. The van der Waals surface area contributed by atoms with E-state index in [0.717, 1.165) is 12.0 Å². The van der Waals surface area contributed by atoms with Crippen LogP contribution in [0.15, 0.2) is 35.5 Å². The molecule has 0 bridgehead atoms. The minimum atomic E-state index is -1.20. The van der Waals surface area contributed by atoms with Crippen LogP contribution < -0.4 is 0 Å². The normalized spacial score (nSPS) is 37.3. The van der Waals surface area contributed by atoms with Crippen LogP contribution in [0.3, 0.4) is 0 Å². The van der Waals surface area contributed by atoms with Crippen LogP contribution in [0.25, 0.3) is 0 Å². The van der Waals surface area contributed by atoms with Gasteiger partial charge in [-0.1, -0.05) is 33.3 Å². The molecule has 5 nitrogen and oxygen atoms in total. The van der Waals surface area contributed by atoms with Gasteiger partial charge in [0.2, 0.25) is 0 Å². The summed E-state index contributed by atoms with van der Waals surface area (Å²) in [6, 6.07) is 0. The van der Waals surface area contributed by atoms with E-state index in [0.29, 0.717) is 18.4 Å². The Bertz CT molecular complexity index is 633. The summed E-state index contributed by atoms with van der Waals surface area (Å²) in [7, 11) is 0. The second-order valence-electron chi connectivity index (χ2n) is 8.25. The van der Waals surface area contributed by atoms with E-state index >= 15 is 0 Å². The van der Waals surface area contributed by atoms with Crippen LogP contribution in [0.1, 0.15) is 60.8 Å². The molecule has 1 saturated heterocycles. The molecule has 1 aliphatic carbocycles. The van der Waals surface area contributed by atoms with E-state index in [9.17, 15) is 9.90 Å². The minimum Gasteiger partial charge on any atom is -0.478 e. The number of ether oxygens (including phenoxy) is 2. The number of rotatable bonds is 5. The van der Waals surface area contributed by atoms with Gasteiger partial charge in [-0.2, -0.15) is 0 Å². The Balaban J connectivity index is 2.38. The van der Waals surface area contributed by atoms with Gasteiger partial charge in [-0.05, 0) is 50.5 Å². The molecular formula is C21H32O5. The smallest absolute Gasteiger partial charge is 0.328 e. The summed E-state index contributed by atoms with van der Waals surface area (Å²) in [5.41, 5.74) is -0.316. The molecule has 3 unspecified atom stereocenters. The van der Waals surface area contributed by atoms with Crippen molar-refractivity contribution in [1.82, 2.24) is 0 Å². The number of aliphatic hydroxyl groups is 1. The lowest BCUT2D eigenvalue weighted by Gasteiger charge is -2.49. The van der Waals surface area contributed by atoms with Crippen LogP contribution in [-0.2, 0) is 14.3 Å². The molecular weight excluding hydrogens is 332 g/mol. The Labute approximate surface area is 156 Å². The maximum absolute atomic E-state index is 11.5. The third kappa shape index (κ3) is 3.95. The molecule has 0 amide bonds. The lowest BCUT2D eigenvalue weighted by atomic mass is 9.63. The highest BCUT2D eigenvalue weighted by molar-refractivity contribution is 5.81. The van der Waals surface area contributed by atoms with Crippen LogP contribution in [0.2, 0.25) is 0 Å². The Morgan fingerprint density at radius 1 is 1.31 bits per heavy atom. The largest absolute Gasteiger partial charge is 0.478 e. The molecule has 2 N–H and O–H groups in total. The first-order valence-corrected chi connectivity index (χ1v) is 9.35. The number of allylic oxidation sites excluding steroid dienone is 2. The number of carboxylic acid groups (broad SMARTS) is 1. The molecule has 0 aromatic heterocycles. The summed E-state index contributed by atoms with van der Waals surface area (Å²) in [5.74, 6) is -1.79. The third-order valence-corrected chi connectivity index (χ3v) is 5.58. The number of hydrogen-bond acceptors (Lipinski definition) is 4. The number of carboxylic acids is 1. The van der Waals surface area contributed by atoms with Crippen molar-refractivity contribution in [3.8, 4) is 0 Å². The molecule has 1 aliphatic heterocycles. The van der Waals surface area contributed by atoms with E-state index < -0.39 is 22.8 Å². The zero-order valence-corrected chi connectivity index (χ0v) is 16.7. The molecule has 2 aliphatic rings. The van der Waals surface area contributed by atoms with Crippen molar-refractivity contribution in [2.24, 2.45) is 5.41 Å². The molecule has 0 saturated carbocycles. The molecule has 0 radical (unpaired) electrons. The van der Waals surface area contributed by atoms with Gasteiger partial charge in [-0.3, -0.25) is 0 Å². The monoisotopic (exact) mass is 364 g/mol. The quantitative estimate of drug-likeness (QED) is 0.438. The van der Waals surface area contributed by atoms with Gasteiger partial charge in [0.1, 0.15) is 5.60 Å². The second kappa shape index (κ2) is 7.29. The molecule has 1 heterocycles. The Kier molecular flexibility index (Phi) is 5.86. The molecule has 1 spiro atoms. The Hall–Kier alpha value is -1.43. The van der Waals surface area contributed by atoms with Crippen LogP contribution in [0.5, 0.6) is 0 Å². The van der Waals surface area contributed by atoms with Gasteiger partial charge in [0, 0.05) is 17.9 Å². The third-order valence-electron chi connectivity index (χ3n) is 5.58. The first-order valence-electron chi connectivity index (χ1n) is 9.35. The van der Waals surface area contributed by atoms with Crippen LogP contribution in [0.4, 0.5) is 0 Å². The van der Waals surface area contributed by atoms with Crippen molar-refractivity contribution in [2.45, 2.75) is 84.4 Å². The first kappa shape index (κ1) is 20.9. The van der Waals surface area contributed by atoms with Gasteiger partial charge in [-0.25, -0.2) is 4.79 Å². The average Bonchev–Trinajstić information content (AvgIpc) is 2.75. The fourth-order valence-corrected chi connectivity index (χ4v) is 4.01. The number of carbonyl (C=O) groups is 1. The van der Waals surface area contributed by atoms with Crippen molar-refractivity contribution in [3.63, 3.8) is 0 Å². The van der Waals surface area contributed by atoms with Crippen molar-refractivity contribution >= 4 is 5.97 Å². The minimum absolute atomic E-state index is 0.00811. The summed E-state index contributed by atoms with van der Waals surface area (Å²) < 4.78 is 12.2. The highest BCUT2D eigenvalue weighted by Crippen LogP contribution is 2.52. The van der Waals surface area contributed by atoms with E-state index in [-0.39, 0.29) is 12.2 Å². The van der Waals surface area contributed by atoms with E-state index in [1.165, 1.54) is 6.08 Å². The highest BCUT2D eigenvalue weighted by Gasteiger charge is 2.56. The van der Waals surface area contributed by atoms with Gasteiger partial charge in [0.25, 0.3) is 0 Å². The summed E-state index contributed by atoms with van der Waals surface area (Å²) >= 11 is 0. The van der Waals surface area contributed by atoms with E-state index in [1.807, 2.05) is 47.6 Å². The van der Waals surface area contributed by atoms with E-state index in [2.05, 4.69) is 0 Å². The standard InChI is InChI=1S/C21H32O5/c1-7-8-17(11-18(22)23)9-10-21(24)14(2)12-20(13-19(21,5)6)25-15(3)16(4)26-20/h9-12,15-16,24H,7-8,13H2,1-6H3,(H,22,23)/b10-9+,17-11-. The Morgan fingerprint density at radius 2 is 1.88 bits per heavy atom. The van der Waals surface area contributed by atoms with Crippen molar-refractivity contribution < 1.29 is 24.5 Å². The lowest BCUT2D eigenvalue weighted by molar-refractivity contribution is -0.183. The highest BCUT2D eigenvalue weighted by atomic mass is 16.8. The van der Waals surface area contributed by atoms with Crippen LogP contribution in [-0.4, -0.2) is 39.8 Å². The van der Waals surface area contributed by atoms with E-state index in [4.69, 9.17) is 14.6 Å². The summed E-state index contributed by atoms with van der Waals surface area (Å²) in [4.78, 5) is 11.0. The Morgan fingerprint density at radius 3 is 2.35 bits per heavy atom. The molecule has 5 heteroatoms. The van der Waals surface area contributed by atoms with Crippen LogP contribution >= 0.6 is 0 Å². The van der Waals surface area contributed by atoms with Crippen molar-refractivity contribution in [3.05, 3.63) is 35.5 Å². The molecule has 0 aromatic rings. The lowest BCUT2D eigenvalue weighted by Crippen LogP contribution is -2.53. The maximum atomic E-state index is 11.5. The molecule has 2 rings (SSSR count). The van der Waals surface area contributed by atoms with Gasteiger partial charge in [-0.15, -0.1) is 0 Å². The topological polar surface area (TPSA) is 76.0 Å². The SMILES string of the molecule is CCCC(=C/C(=O)O)/C=C/C1(O)C(C)=CC2(CC1(C)C)OC(C)C(C)O2. The molecule has 26 heavy (non-hydrogen) atoms. The second-order valence-corrected chi connectivity index (χ2v) is 8.25. The zero-order chi connectivity index (χ0) is 19.8. The van der Waals surface area contributed by atoms with Gasteiger partial charge in [0.05, 0.1) is 12.2 Å². The van der Waals surface area contributed by atoms with Gasteiger partial charge >= 0.3 is 5.97 Å². The molecule has 146 valence electrons. The summed E-state index contributed by atoms with van der Waals surface area (Å²) in [6.45, 7) is 11.8. The zero-order valence-electron chi connectivity index (χ0n) is 16.7. The average molecular weight is 364 g/mol. The van der Waals surface area contributed by atoms with Gasteiger partial charge in [0.15, 0.2) is 5.79 Å². The summed E-state index contributed by atoms with van der Waals surface area (Å²) in [6.07, 6.45) is 8.51. The fourth-order valence-electron chi connectivity index (χ4n) is 4.01. The fraction of sp³-hybridized carbons (Fsp3) is 0.667. The predicted molar refractivity (Wildman–Crippen MR) is 101 cm³/mol. The van der Waals surface area contributed by atoms with Gasteiger partial charge < -0.3 is 19.7 Å². The van der Waals surface area contributed by atoms with Crippen molar-refractivity contribution in [2.75, 3.05) is 0 Å². The van der Waals surface area contributed by atoms with Crippen molar-refractivity contribution in [1.29, 1.82) is 0 Å².